The van der Waals surface area contributed by atoms with Crippen molar-refractivity contribution in [2.45, 2.75) is 50.4 Å². The van der Waals surface area contributed by atoms with Crippen LogP contribution in [0.3, 0.4) is 0 Å². The average molecular weight is 168 g/mol. The molecule has 2 heteroatoms. The van der Waals surface area contributed by atoms with E-state index in [0.717, 1.165) is 12.5 Å². The van der Waals surface area contributed by atoms with Gasteiger partial charge in [0.05, 0.1) is 17.8 Å². The van der Waals surface area contributed by atoms with Crippen LogP contribution in [0.5, 0.6) is 0 Å². The van der Waals surface area contributed by atoms with Crippen LogP contribution in [0.2, 0.25) is 0 Å². The summed E-state index contributed by atoms with van der Waals surface area (Å²) in [6.45, 7) is 3.26. The Balaban J connectivity index is 1.74. The first-order chi connectivity index (χ1) is 5.77. The molecule has 3 fully saturated rings. The third-order valence-corrected chi connectivity index (χ3v) is 3.54. The summed E-state index contributed by atoms with van der Waals surface area (Å²) in [5.74, 6) is 0.764. The van der Waals surface area contributed by atoms with Crippen molar-refractivity contribution in [3.63, 3.8) is 0 Å². The van der Waals surface area contributed by atoms with E-state index >= 15 is 0 Å². The zero-order valence-corrected chi connectivity index (χ0v) is 7.58. The zero-order valence-electron chi connectivity index (χ0n) is 7.58. The molecule has 2 nitrogen and oxygen atoms in total. The van der Waals surface area contributed by atoms with Gasteiger partial charge >= 0.3 is 0 Å². The van der Waals surface area contributed by atoms with Crippen molar-refractivity contribution in [2.24, 2.45) is 5.92 Å². The minimum Gasteiger partial charge on any atom is -0.375 e. The van der Waals surface area contributed by atoms with Crippen molar-refractivity contribution < 1.29 is 9.47 Å². The molecule has 68 valence electrons. The van der Waals surface area contributed by atoms with E-state index in [0.29, 0.717) is 12.2 Å². The highest BCUT2D eigenvalue weighted by molar-refractivity contribution is 5.02. The quantitative estimate of drug-likeness (QED) is 0.514. The van der Waals surface area contributed by atoms with Gasteiger partial charge in [0.1, 0.15) is 0 Å². The number of fused-ring (bicyclic) bond motifs is 1. The molecule has 1 spiro atoms. The first kappa shape index (κ1) is 7.34. The maximum atomic E-state index is 5.91. The molecule has 3 rings (SSSR count). The van der Waals surface area contributed by atoms with Gasteiger partial charge in [-0.3, -0.25) is 0 Å². The van der Waals surface area contributed by atoms with Crippen LogP contribution in [-0.2, 0) is 9.47 Å². The molecule has 0 N–H and O–H groups in total. The van der Waals surface area contributed by atoms with Crippen LogP contribution in [0.1, 0.15) is 32.6 Å². The second-order valence-corrected chi connectivity index (χ2v) is 4.76. The van der Waals surface area contributed by atoms with Gasteiger partial charge in [-0.25, -0.2) is 0 Å². The molecular formula is C10H16O2. The molecule has 2 aliphatic heterocycles. The molecule has 1 aliphatic carbocycles. The Kier molecular flexibility index (Phi) is 1.37. The highest BCUT2D eigenvalue weighted by atomic mass is 16.6. The molecule has 2 heterocycles. The van der Waals surface area contributed by atoms with Crippen molar-refractivity contribution in [3.8, 4) is 0 Å². The fraction of sp³-hybridized carbons (Fsp3) is 1.00. The van der Waals surface area contributed by atoms with Gasteiger partial charge in [-0.15, -0.1) is 0 Å². The standard InChI is InChI=1S/C10H16O2/c1-7-4-10(11-6-7)3-2-8-9(5-10)12-8/h7-9H,2-6H2,1H3. The summed E-state index contributed by atoms with van der Waals surface area (Å²) in [4.78, 5) is 0. The maximum Gasteiger partial charge on any atom is 0.0869 e. The third-order valence-electron chi connectivity index (χ3n) is 3.54. The van der Waals surface area contributed by atoms with Crippen molar-refractivity contribution in [1.82, 2.24) is 0 Å². The lowest BCUT2D eigenvalue weighted by Crippen LogP contribution is -2.34. The lowest BCUT2D eigenvalue weighted by molar-refractivity contribution is -0.0197. The van der Waals surface area contributed by atoms with E-state index in [2.05, 4.69) is 6.92 Å². The van der Waals surface area contributed by atoms with E-state index in [9.17, 15) is 0 Å². The van der Waals surface area contributed by atoms with Crippen LogP contribution in [0.15, 0.2) is 0 Å². The largest absolute Gasteiger partial charge is 0.375 e. The van der Waals surface area contributed by atoms with E-state index in [1.54, 1.807) is 0 Å². The molecular weight excluding hydrogens is 152 g/mol. The Hall–Kier alpha value is -0.0800. The van der Waals surface area contributed by atoms with Crippen LogP contribution in [-0.4, -0.2) is 24.4 Å². The Morgan fingerprint density at radius 3 is 2.83 bits per heavy atom. The SMILES string of the molecule is CC1COC2(CCC3OC3C2)C1. The number of rotatable bonds is 0. The molecule has 12 heavy (non-hydrogen) atoms. The van der Waals surface area contributed by atoms with Gasteiger partial charge in [0.15, 0.2) is 0 Å². The molecule has 0 aromatic carbocycles. The van der Waals surface area contributed by atoms with Gasteiger partial charge in [0.25, 0.3) is 0 Å². The van der Waals surface area contributed by atoms with E-state index < -0.39 is 0 Å². The summed E-state index contributed by atoms with van der Waals surface area (Å²) in [6, 6.07) is 0. The minimum atomic E-state index is 0.233. The first-order valence-electron chi connectivity index (χ1n) is 5.07. The van der Waals surface area contributed by atoms with Crippen LogP contribution in [0, 0.1) is 5.92 Å². The topological polar surface area (TPSA) is 21.8 Å². The van der Waals surface area contributed by atoms with Crippen molar-refractivity contribution in [1.29, 1.82) is 0 Å². The molecule has 0 radical (unpaired) electrons. The number of epoxide rings is 1. The van der Waals surface area contributed by atoms with E-state index in [1.165, 1.54) is 25.7 Å². The summed E-state index contributed by atoms with van der Waals surface area (Å²) in [6.07, 6.45) is 6.07. The molecule has 0 aromatic heterocycles. The Bertz CT molecular complexity index is 204. The normalized spacial score (nSPS) is 57.2. The van der Waals surface area contributed by atoms with Crippen LogP contribution in [0.25, 0.3) is 0 Å². The van der Waals surface area contributed by atoms with E-state index in [-0.39, 0.29) is 5.60 Å². The van der Waals surface area contributed by atoms with Crippen LogP contribution < -0.4 is 0 Å². The summed E-state index contributed by atoms with van der Waals surface area (Å²) in [7, 11) is 0. The first-order valence-corrected chi connectivity index (χ1v) is 5.07. The number of hydrogen-bond donors (Lipinski definition) is 0. The third kappa shape index (κ3) is 1.01. The molecule has 0 amide bonds. The van der Waals surface area contributed by atoms with Gasteiger partial charge in [-0.05, 0) is 25.2 Å². The maximum absolute atomic E-state index is 5.91. The Morgan fingerprint density at radius 1 is 1.25 bits per heavy atom. The fourth-order valence-corrected chi connectivity index (χ4v) is 2.88. The molecule has 4 atom stereocenters. The second kappa shape index (κ2) is 2.24. The molecule has 1 saturated carbocycles. The Labute approximate surface area is 73.2 Å². The number of ether oxygens (including phenoxy) is 2. The minimum absolute atomic E-state index is 0.233. The monoisotopic (exact) mass is 168 g/mol. The van der Waals surface area contributed by atoms with Gasteiger partial charge in [0.2, 0.25) is 0 Å². The Morgan fingerprint density at radius 2 is 2.17 bits per heavy atom. The zero-order chi connectivity index (χ0) is 8.18. The van der Waals surface area contributed by atoms with Gasteiger partial charge in [-0.2, -0.15) is 0 Å². The predicted octanol–water partition coefficient (Wildman–Crippen LogP) is 1.73. The molecule has 0 bridgehead atoms. The van der Waals surface area contributed by atoms with Gasteiger partial charge in [-0.1, -0.05) is 6.92 Å². The highest BCUT2D eigenvalue weighted by Gasteiger charge is 2.53. The second-order valence-electron chi connectivity index (χ2n) is 4.76. The summed E-state index contributed by atoms with van der Waals surface area (Å²) in [5.41, 5.74) is 0.233. The molecule has 0 aromatic rings. The summed E-state index contributed by atoms with van der Waals surface area (Å²) in [5, 5.41) is 0. The van der Waals surface area contributed by atoms with Crippen LogP contribution in [0.4, 0.5) is 0 Å². The van der Waals surface area contributed by atoms with Gasteiger partial charge in [0, 0.05) is 13.0 Å². The molecule has 4 unspecified atom stereocenters. The molecule has 2 saturated heterocycles. The fourth-order valence-electron chi connectivity index (χ4n) is 2.88. The van der Waals surface area contributed by atoms with Crippen molar-refractivity contribution >= 4 is 0 Å². The number of hydrogen-bond acceptors (Lipinski definition) is 2. The smallest absolute Gasteiger partial charge is 0.0869 e. The highest BCUT2D eigenvalue weighted by Crippen LogP contribution is 2.48. The van der Waals surface area contributed by atoms with Crippen molar-refractivity contribution in [2.75, 3.05) is 6.61 Å². The van der Waals surface area contributed by atoms with Crippen molar-refractivity contribution in [3.05, 3.63) is 0 Å². The predicted molar refractivity (Wildman–Crippen MR) is 45.0 cm³/mol. The lowest BCUT2D eigenvalue weighted by atomic mass is 9.81. The van der Waals surface area contributed by atoms with E-state index in [1.807, 2.05) is 0 Å². The summed E-state index contributed by atoms with van der Waals surface area (Å²) >= 11 is 0. The van der Waals surface area contributed by atoms with Gasteiger partial charge < -0.3 is 9.47 Å². The summed E-state index contributed by atoms with van der Waals surface area (Å²) < 4.78 is 11.4. The van der Waals surface area contributed by atoms with E-state index in [4.69, 9.17) is 9.47 Å². The molecule has 3 aliphatic rings. The van der Waals surface area contributed by atoms with Crippen LogP contribution >= 0.6 is 0 Å². The average Bonchev–Trinajstić information content (AvgIpc) is 2.70. The lowest BCUT2D eigenvalue weighted by Gasteiger charge is -2.30.